The number of thiazole rings is 1. The molecule has 0 amide bonds. The average Bonchev–Trinajstić information content (AvgIpc) is 3.22. The molecule has 0 bridgehead atoms. The summed E-state index contributed by atoms with van der Waals surface area (Å²) in [5.74, 6) is 0.873. The fourth-order valence-electron chi connectivity index (χ4n) is 3.09. The molecule has 0 fully saturated rings. The van der Waals surface area contributed by atoms with Crippen molar-refractivity contribution in [1.29, 1.82) is 0 Å². The number of benzene rings is 1. The third kappa shape index (κ3) is 4.64. The first-order chi connectivity index (χ1) is 12.7. The van der Waals surface area contributed by atoms with Gasteiger partial charge in [-0.05, 0) is 44.4 Å². The fraction of sp³-hybridized carbons (Fsp3) is 0.400. The van der Waals surface area contributed by atoms with Crippen molar-refractivity contribution in [3.63, 3.8) is 0 Å². The van der Waals surface area contributed by atoms with E-state index in [-0.39, 0.29) is 0 Å². The van der Waals surface area contributed by atoms with Crippen LogP contribution < -0.4 is 10.6 Å². The smallest absolute Gasteiger partial charge is 0.191 e. The molecule has 6 heteroatoms. The van der Waals surface area contributed by atoms with Gasteiger partial charge in [0, 0.05) is 54.2 Å². The maximum absolute atomic E-state index is 4.67. The molecule has 0 aliphatic rings. The molecule has 5 nitrogen and oxygen atoms in total. The van der Waals surface area contributed by atoms with Crippen LogP contribution in [-0.2, 0) is 12.8 Å². The highest BCUT2D eigenvalue weighted by molar-refractivity contribution is 7.11. The van der Waals surface area contributed by atoms with E-state index in [1.165, 1.54) is 26.9 Å². The molecule has 2 heterocycles. The van der Waals surface area contributed by atoms with E-state index in [4.69, 9.17) is 0 Å². The number of aromatic nitrogens is 2. The van der Waals surface area contributed by atoms with E-state index >= 15 is 0 Å². The van der Waals surface area contributed by atoms with Crippen LogP contribution in [0, 0.1) is 13.8 Å². The van der Waals surface area contributed by atoms with Crippen molar-refractivity contribution in [3.05, 3.63) is 51.6 Å². The highest BCUT2D eigenvalue weighted by atomic mass is 32.1. The van der Waals surface area contributed by atoms with Crippen molar-refractivity contribution in [1.82, 2.24) is 20.6 Å². The summed E-state index contributed by atoms with van der Waals surface area (Å²) in [5, 5.41) is 9.25. The molecule has 26 heavy (non-hydrogen) atoms. The van der Waals surface area contributed by atoms with Crippen molar-refractivity contribution in [3.8, 4) is 0 Å². The molecule has 1 aromatic carbocycles. The van der Waals surface area contributed by atoms with Gasteiger partial charge in [-0.3, -0.25) is 4.99 Å². The van der Waals surface area contributed by atoms with E-state index in [1.54, 1.807) is 11.3 Å². The zero-order valence-electron chi connectivity index (χ0n) is 15.7. The van der Waals surface area contributed by atoms with E-state index in [0.29, 0.717) is 0 Å². The van der Waals surface area contributed by atoms with E-state index in [0.717, 1.165) is 43.4 Å². The van der Waals surface area contributed by atoms with Crippen LogP contribution in [0.3, 0.4) is 0 Å². The second-order valence-electron chi connectivity index (χ2n) is 6.36. The zero-order chi connectivity index (χ0) is 18.4. The zero-order valence-corrected chi connectivity index (χ0v) is 16.5. The molecule has 0 spiro atoms. The normalized spacial score (nSPS) is 11.9. The first kappa shape index (κ1) is 18.5. The molecule has 0 atom stereocenters. The van der Waals surface area contributed by atoms with Gasteiger partial charge in [-0.2, -0.15) is 0 Å². The number of aromatic amines is 1. The van der Waals surface area contributed by atoms with Crippen LogP contribution in [0.5, 0.6) is 0 Å². The van der Waals surface area contributed by atoms with Crippen LogP contribution in [0.25, 0.3) is 10.9 Å². The number of aliphatic imine (C=N–C) groups is 1. The Labute approximate surface area is 159 Å². The van der Waals surface area contributed by atoms with Crippen molar-refractivity contribution in [2.75, 3.05) is 19.6 Å². The SMILES string of the molecule is CCNC(=NCCc1ncc(C)s1)NCCc1c[nH]c2cccc(C)c12. The van der Waals surface area contributed by atoms with Gasteiger partial charge >= 0.3 is 0 Å². The van der Waals surface area contributed by atoms with Gasteiger partial charge in [0.15, 0.2) is 5.96 Å². The lowest BCUT2D eigenvalue weighted by atomic mass is 10.1. The molecular weight excluding hydrogens is 342 g/mol. The molecule has 138 valence electrons. The minimum absolute atomic E-state index is 0.745. The molecular formula is C20H27N5S. The Balaban J connectivity index is 1.55. The number of hydrogen-bond donors (Lipinski definition) is 3. The predicted octanol–water partition coefficient (Wildman–Crippen LogP) is 3.58. The number of hydrogen-bond acceptors (Lipinski definition) is 3. The summed E-state index contributed by atoms with van der Waals surface area (Å²) in [7, 11) is 0. The Morgan fingerprint density at radius 2 is 2.12 bits per heavy atom. The summed E-state index contributed by atoms with van der Waals surface area (Å²) >= 11 is 1.75. The number of fused-ring (bicyclic) bond motifs is 1. The van der Waals surface area contributed by atoms with E-state index < -0.39 is 0 Å². The minimum atomic E-state index is 0.745. The molecule has 2 aromatic heterocycles. The van der Waals surface area contributed by atoms with Crippen LogP contribution in [0.2, 0.25) is 0 Å². The number of aryl methyl sites for hydroxylation is 2. The summed E-state index contributed by atoms with van der Waals surface area (Å²) in [4.78, 5) is 13.7. The van der Waals surface area contributed by atoms with Gasteiger partial charge in [0.1, 0.15) is 0 Å². The lowest BCUT2D eigenvalue weighted by Crippen LogP contribution is -2.38. The summed E-state index contributed by atoms with van der Waals surface area (Å²) in [5.41, 5.74) is 3.87. The van der Waals surface area contributed by atoms with Crippen LogP contribution in [0.15, 0.2) is 35.6 Å². The van der Waals surface area contributed by atoms with Gasteiger partial charge in [-0.25, -0.2) is 4.98 Å². The first-order valence-electron chi connectivity index (χ1n) is 9.16. The molecule has 3 aromatic rings. The summed E-state index contributed by atoms with van der Waals surface area (Å²) in [6, 6.07) is 6.39. The Morgan fingerprint density at radius 3 is 2.88 bits per heavy atom. The van der Waals surface area contributed by atoms with E-state index in [9.17, 15) is 0 Å². The first-order valence-corrected chi connectivity index (χ1v) is 9.98. The van der Waals surface area contributed by atoms with Gasteiger partial charge in [0.05, 0.1) is 5.01 Å². The molecule has 0 saturated heterocycles. The Morgan fingerprint density at radius 1 is 1.23 bits per heavy atom. The second-order valence-corrected chi connectivity index (χ2v) is 7.68. The third-order valence-corrected chi connectivity index (χ3v) is 5.26. The van der Waals surface area contributed by atoms with Crippen LogP contribution >= 0.6 is 11.3 Å². The van der Waals surface area contributed by atoms with Crippen LogP contribution in [0.1, 0.15) is 27.9 Å². The molecule has 0 aliphatic carbocycles. The Kier molecular flexibility index (Phi) is 6.28. The number of H-pyrrole nitrogens is 1. The van der Waals surface area contributed by atoms with Gasteiger partial charge in [-0.1, -0.05) is 12.1 Å². The van der Waals surface area contributed by atoms with Crippen molar-refractivity contribution < 1.29 is 0 Å². The maximum atomic E-state index is 4.67. The summed E-state index contributed by atoms with van der Waals surface area (Å²) < 4.78 is 0. The molecule has 0 radical (unpaired) electrons. The number of nitrogens with one attached hydrogen (secondary N) is 3. The number of rotatable bonds is 7. The topological polar surface area (TPSA) is 65.1 Å². The van der Waals surface area contributed by atoms with E-state index in [1.807, 2.05) is 6.20 Å². The predicted molar refractivity (Wildman–Crippen MR) is 111 cm³/mol. The fourth-order valence-corrected chi connectivity index (χ4v) is 3.86. The standard InChI is InChI=1S/C20H27N5S/c1-4-21-20(23-11-9-18-25-12-15(3)26-18)22-10-8-16-13-24-17-7-5-6-14(2)19(16)17/h5-7,12-13,24H,4,8-11H2,1-3H3,(H2,21,22,23). The highest BCUT2D eigenvalue weighted by Crippen LogP contribution is 2.22. The summed E-state index contributed by atoms with van der Waals surface area (Å²) in [6.45, 7) is 8.79. The molecule has 0 saturated carbocycles. The van der Waals surface area contributed by atoms with Gasteiger partial charge in [-0.15, -0.1) is 11.3 Å². The molecule has 3 N–H and O–H groups in total. The maximum Gasteiger partial charge on any atom is 0.191 e. The molecule has 3 rings (SSSR count). The lowest BCUT2D eigenvalue weighted by Gasteiger charge is -2.11. The highest BCUT2D eigenvalue weighted by Gasteiger charge is 2.06. The number of nitrogens with zero attached hydrogens (tertiary/aromatic N) is 2. The van der Waals surface area contributed by atoms with E-state index in [2.05, 4.69) is 70.8 Å². The van der Waals surface area contributed by atoms with Crippen molar-refractivity contribution in [2.45, 2.75) is 33.6 Å². The Bertz CT molecular complexity index is 877. The van der Waals surface area contributed by atoms with Gasteiger partial charge < -0.3 is 15.6 Å². The van der Waals surface area contributed by atoms with Gasteiger partial charge in [0.25, 0.3) is 0 Å². The molecule has 0 unspecified atom stereocenters. The van der Waals surface area contributed by atoms with Gasteiger partial charge in [0.2, 0.25) is 0 Å². The second kappa shape index (κ2) is 8.85. The van der Waals surface area contributed by atoms with Crippen LogP contribution in [0.4, 0.5) is 0 Å². The minimum Gasteiger partial charge on any atom is -0.361 e. The average molecular weight is 370 g/mol. The van der Waals surface area contributed by atoms with Crippen molar-refractivity contribution >= 4 is 28.2 Å². The summed E-state index contributed by atoms with van der Waals surface area (Å²) in [6.07, 6.45) is 5.89. The molecule has 0 aliphatic heterocycles. The quantitative estimate of drug-likeness (QED) is 0.440. The van der Waals surface area contributed by atoms with Crippen molar-refractivity contribution in [2.24, 2.45) is 4.99 Å². The number of guanidine groups is 1. The largest absolute Gasteiger partial charge is 0.361 e. The van der Waals surface area contributed by atoms with Crippen LogP contribution in [-0.4, -0.2) is 35.6 Å². The Hall–Kier alpha value is -2.34. The third-order valence-electron chi connectivity index (χ3n) is 4.29. The monoisotopic (exact) mass is 369 g/mol. The lowest BCUT2D eigenvalue weighted by molar-refractivity contribution is 0.798.